The highest BCUT2D eigenvalue weighted by atomic mass is 79.9. The Labute approximate surface area is 103 Å². The molecule has 0 N–H and O–H groups in total. The Bertz CT molecular complexity index is 342. The topological polar surface area (TPSA) is 33.2 Å². The quantitative estimate of drug-likeness (QED) is 0.802. The molecule has 1 rings (SSSR count). The molecular weight excluding hydrogens is 279 g/mol. The van der Waals surface area contributed by atoms with E-state index in [-0.39, 0.29) is 11.9 Å². The van der Waals surface area contributed by atoms with E-state index in [4.69, 9.17) is 11.6 Å². The van der Waals surface area contributed by atoms with E-state index < -0.39 is 0 Å². The highest BCUT2D eigenvalue weighted by molar-refractivity contribution is 9.10. The van der Waals surface area contributed by atoms with Crippen LogP contribution in [0, 0.1) is 0 Å². The summed E-state index contributed by atoms with van der Waals surface area (Å²) in [4.78, 5) is 17.5. The number of hydrogen-bond donors (Lipinski definition) is 0. The summed E-state index contributed by atoms with van der Waals surface area (Å²) in [6.07, 6.45) is 1.60. The number of pyridine rings is 1. The van der Waals surface area contributed by atoms with Crippen LogP contribution in [0.1, 0.15) is 17.4 Å². The Morgan fingerprint density at radius 3 is 2.80 bits per heavy atom. The molecule has 0 aliphatic rings. The van der Waals surface area contributed by atoms with E-state index in [0.29, 0.717) is 11.6 Å². The molecule has 3 nitrogen and oxygen atoms in total. The second kappa shape index (κ2) is 5.47. The van der Waals surface area contributed by atoms with Crippen molar-refractivity contribution < 1.29 is 4.79 Å². The van der Waals surface area contributed by atoms with Crippen LogP contribution in [0.2, 0.25) is 0 Å². The highest BCUT2D eigenvalue weighted by Gasteiger charge is 2.17. The minimum absolute atomic E-state index is 0.00427. The van der Waals surface area contributed by atoms with Crippen LogP contribution >= 0.6 is 27.5 Å². The van der Waals surface area contributed by atoms with Gasteiger partial charge >= 0.3 is 0 Å². The maximum atomic E-state index is 11.8. The van der Waals surface area contributed by atoms with E-state index >= 15 is 0 Å². The third-order valence-electron chi connectivity index (χ3n) is 2.15. The number of aromatic nitrogens is 1. The van der Waals surface area contributed by atoms with Gasteiger partial charge in [0.05, 0.1) is 0 Å². The van der Waals surface area contributed by atoms with Crippen molar-refractivity contribution in [3.63, 3.8) is 0 Å². The van der Waals surface area contributed by atoms with Gasteiger partial charge in [-0.1, -0.05) is 0 Å². The number of hydrogen-bond acceptors (Lipinski definition) is 2. The molecule has 1 unspecified atom stereocenters. The number of rotatable bonds is 3. The molecule has 1 aromatic rings. The minimum Gasteiger partial charge on any atom is -0.336 e. The lowest BCUT2D eigenvalue weighted by molar-refractivity contribution is 0.0751. The van der Waals surface area contributed by atoms with E-state index in [9.17, 15) is 4.79 Å². The lowest BCUT2D eigenvalue weighted by Gasteiger charge is -2.22. The van der Waals surface area contributed by atoms with Crippen LogP contribution in [0.15, 0.2) is 22.8 Å². The molecule has 0 fully saturated rings. The maximum Gasteiger partial charge on any atom is 0.272 e. The molecular formula is C10H12BrClN2O. The summed E-state index contributed by atoms with van der Waals surface area (Å²) in [6.45, 7) is 1.89. The van der Waals surface area contributed by atoms with E-state index in [2.05, 4.69) is 20.9 Å². The van der Waals surface area contributed by atoms with Crippen LogP contribution in [0.5, 0.6) is 0 Å². The molecule has 0 bridgehead atoms. The van der Waals surface area contributed by atoms with Crippen LogP contribution in [-0.2, 0) is 0 Å². The van der Waals surface area contributed by atoms with Crippen molar-refractivity contribution in [3.8, 4) is 0 Å². The van der Waals surface area contributed by atoms with Gasteiger partial charge in [-0.3, -0.25) is 4.79 Å². The SMILES string of the molecule is CC(CCl)N(C)C(=O)c1ccc(Br)cn1. The summed E-state index contributed by atoms with van der Waals surface area (Å²) in [5, 5.41) is 0. The van der Waals surface area contributed by atoms with Crippen LogP contribution in [0.4, 0.5) is 0 Å². The average molecular weight is 292 g/mol. The van der Waals surface area contributed by atoms with E-state index in [1.54, 1.807) is 30.3 Å². The Kier molecular flexibility index (Phi) is 4.54. The van der Waals surface area contributed by atoms with E-state index in [1.807, 2.05) is 6.92 Å². The third-order valence-corrected chi connectivity index (χ3v) is 3.07. The fraction of sp³-hybridized carbons (Fsp3) is 0.400. The fourth-order valence-electron chi connectivity index (χ4n) is 0.987. The van der Waals surface area contributed by atoms with Crippen molar-refractivity contribution in [1.29, 1.82) is 0 Å². The summed E-state index contributed by atoms with van der Waals surface area (Å²) in [5.41, 5.74) is 0.428. The van der Waals surface area contributed by atoms with Gasteiger partial charge in [-0.25, -0.2) is 4.98 Å². The molecule has 0 saturated carbocycles. The van der Waals surface area contributed by atoms with E-state index in [0.717, 1.165) is 4.47 Å². The minimum atomic E-state index is -0.115. The standard InChI is InChI=1S/C10H12BrClN2O/c1-7(5-12)14(2)10(15)9-4-3-8(11)6-13-9/h3-4,6-7H,5H2,1-2H3. The number of nitrogens with zero attached hydrogens (tertiary/aromatic N) is 2. The molecule has 1 aromatic heterocycles. The lowest BCUT2D eigenvalue weighted by atomic mass is 10.2. The van der Waals surface area contributed by atoms with Gasteiger partial charge in [0.15, 0.2) is 0 Å². The van der Waals surface area contributed by atoms with Crippen molar-refractivity contribution >= 4 is 33.4 Å². The second-order valence-electron chi connectivity index (χ2n) is 3.28. The predicted molar refractivity (Wildman–Crippen MR) is 64.2 cm³/mol. The van der Waals surface area contributed by atoms with Gasteiger partial charge in [-0.15, -0.1) is 11.6 Å². The van der Waals surface area contributed by atoms with Crippen LogP contribution < -0.4 is 0 Å². The first-order chi connectivity index (χ1) is 7.06. The van der Waals surface area contributed by atoms with Gasteiger partial charge in [0.1, 0.15) is 5.69 Å². The van der Waals surface area contributed by atoms with Gasteiger partial charge in [0, 0.05) is 29.6 Å². The molecule has 0 aliphatic heterocycles. The first-order valence-electron chi connectivity index (χ1n) is 4.51. The lowest BCUT2D eigenvalue weighted by Crippen LogP contribution is -2.36. The maximum absolute atomic E-state index is 11.8. The fourth-order valence-corrected chi connectivity index (χ4v) is 1.43. The zero-order valence-electron chi connectivity index (χ0n) is 8.58. The number of alkyl halides is 1. The van der Waals surface area contributed by atoms with Gasteiger partial charge in [0.25, 0.3) is 5.91 Å². The molecule has 1 amide bonds. The number of halogens is 2. The van der Waals surface area contributed by atoms with Crippen LogP contribution in [-0.4, -0.2) is 34.8 Å². The summed E-state index contributed by atoms with van der Waals surface area (Å²) < 4.78 is 0.854. The summed E-state index contributed by atoms with van der Waals surface area (Å²) in [6, 6.07) is 3.48. The summed E-state index contributed by atoms with van der Waals surface area (Å²) in [7, 11) is 1.72. The van der Waals surface area contributed by atoms with E-state index in [1.165, 1.54) is 0 Å². The zero-order chi connectivity index (χ0) is 11.4. The normalized spacial score (nSPS) is 12.3. The number of carbonyl (C=O) groups excluding carboxylic acids is 1. The monoisotopic (exact) mass is 290 g/mol. The number of amides is 1. The molecule has 0 aromatic carbocycles. The zero-order valence-corrected chi connectivity index (χ0v) is 10.9. The van der Waals surface area contributed by atoms with Gasteiger partial charge in [0.2, 0.25) is 0 Å². The second-order valence-corrected chi connectivity index (χ2v) is 4.51. The van der Waals surface area contributed by atoms with Gasteiger partial charge in [-0.2, -0.15) is 0 Å². The molecule has 0 aliphatic carbocycles. The van der Waals surface area contributed by atoms with Gasteiger partial charge in [-0.05, 0) is 35.0 Å². The first kappa shape index (κ1) is 12.5. The molecule has 15 heavy (non-hydrogen) atoms. The third kappa shape index (κ3) is 3.18. The van der Waals surface area contributed by atoms with Crippen molar-refractivity contribution in [1.82, 2.24) is 9.88 Å². The summed E-state index contributed by atoms with van der Waals surface area (Å²) >= 11 is 8.95. The molecule has 82 valence electrons. The molecule has 1 heterocycles. The van der Waals surface area contributed by atoms with Crippen molar-refractivity contribution in [2.75, 3.05) is 12.9 Å². The van der Waals surface area contributed by atoms with Crippen molar-refractivity contribution in [3.05, 3.63) is 28.5 Å². The van der Waals surface area contributed by atoms with Crippen molar-refractivity contribution in [2.24, 2.45) is 0 Å². The van der Waals surface area contributed by atoms with Crippen LogP contribution in [0.3, 0.4) is 0 Å². The van der Waals surface area contributed by atoms with Crippen molar-refractivity contribution in [2.45, 2.75) is 13.0 Å². The smallest absolute Gasteiger partial charge is 0.272 e. The Hall–Kier alpha value is -0.610. The Morgan fingerprint density at radius 1 is 1.67 bits per heavy atom. The largest absolute Gasteiger partial charge is 0.336 e. The molecule has 0 spiro atoms. The Balaban J connectivity index is 2.80. The molecule has 5 heteroatoms. The molecule has 1 atom stereocenters. The highest BCUT2D eigenvalue weighted by Crippen LogP contribution is 2.10. The average Bonchev–Trinajstić information content (AvgIpc) is 2.27. The molecule has 0 saturated heterocycles. The number of carbonyl (C=O) groups is 1. The molecule has 0 radical (unpaired) electrons. The Morgan fingerprint density at radius 2 is 2.33 bits per heavy atom. The predicted octanol–water partition coefficient (Wildman–Crippen LogP) is 2.54. The summed E-state index contributed by atoms with van der Waals surface area (Å²) in [5.74, 6) is 0.300. The van der Waals surface area contributed by atoms with Gasteiger partial charge < -0.3 is 4.90 Å². The van der Waals surface area contributed by atoms with Crippen LogP contribution in [0.25, 0.3) is 0 Å². The first-order valence-corrected chi connectivity index (χ1v) is 5.83.